The smallest absolute Gasteiger partial charge is 0.128 e. The van der Waals surface area contributed by atoms with E-state index in [0.29, 0.717) is 5.82 Å². The highest BCUT2D eigenvalue weighted by molar-refractivity contribution is 5.50. The number of ether oxygens (including phenoxy) is 1. The average molecular weight is 285 g/mol. The van der Waals surface area contributed by atoms with Gasteiger partial charge in [0.25, 0.3) is 0 Å². The van der Waals surface area contributed by atoms with Crippen LogP contribution >= 0.6 is 0 Å². The normalized spacial score (nSPS) is 12.1. The lowest BCUT2D eigenvalue weighted by Crippen LogP contribution is -2.25. The summed E-state index contributed by atoms with van der Waals surface area (Å²) in [6.45, 7) is 5.14. The van der Waals surface area contributed by atoms with Gasteiger partial charge >= 0.3 is 0 Å². The molecule has 112 valence electrons. The lowest BCUT2D eigenvalue weighted by molar-refractivity contribution is 0.414. The van der Waals surface area contributed by atoms with Gasteiger partial charge in [-0.05, 0) is 49.2 Å². The Kier molecular flexibility index (Phi) is 5.17. The SMILES string of the molecule is CCCNC(c1ccc(OC)cc1)c1c(C)ccnc1N. The van der Waals surface area contributed by atoms with Crippen LogP contribution in [0.4, 0.5) is 5.82 Å². The van der Waals surface area contributed by atoms with E-state index < -0.39 is 0 Å². The molecule has 0 aliphatic rings. The second kappa shape index (κ2) is 7.09. The topological polar surface area (TPSA) is 60.2 Å². The van der Waals surface area contributed by atoms with Crippen LogP contribution < -0.4 is 15.8 Å². The number of nitrogen functional groups attached to an aromatic ring is 1. The van der Waals surface area contributed by atoms with E-state index in [1.807, 2.05) is 18.2 Å². The second-order valence-electron chi connectivity index (χ2n) is 5.09. The van der Waals surface area contributed by atoms with Gasteiger partial charge in [-0.25, -0.2) is 4.98 Å². The van der Waals surface area contributed by atoms with Gasteiger partial charge in [-0.3, -0.25) is 0 Å². The first-order valence-electron chi connectivity index (χ1n) is 7.25. The number of rotatable bonds is 6. The van der Waals surface area contributed by atoms with Gasteiger partial charge in [-0.1, -0.05) is 19.1 Å². The molecule has 0 saturated heterocycles. The number of benzene rings is 1. The molecule has 0 bridgehead atoms. The summed E-state index contributed by atoms with van der Waals surface area (Å²) in [5.41, 5.74) is 9.47. The maximum absolute atomic E-state index is 6.11. The van der Waals surface area contributed by atoms with Gasteiger partial charge in [0.15, 0.2) is 0 Å². The van der Waals surface area contributed by atoms with Crippen LogP contribution in [-0.4, -0.2) is 18.6 Å². The molecule has 1 aromatic carbocycles. The van der Waals surface area contributed by atoms with Crippen molar-refractivity contribution < 1.29 is 4.74 Å². The van der Waals surface area contributed by atoms with Gasteiger partial charge in [0.1, 0.15) is 11.6 Å². The van der Waals surface area contributed by atoms with Crippen molar-refractivity contribution in [3.8, 4) is 5.75 Å². The molecule has 1 heterocycles. The Balaban J connectivity index is 2.41. The van der Waals surface area contributed by atoms with Gasteiger partial charge in [-0.2, -0.15) is 0 Å². The number of anilines is 1. The lowest BCUT2D eigenvalue weighted by Gasteiger charge is -2.22. The highest BCUT2D eigenvalue weighted by Gasteiger charge is 2.18. The summed E-state index contributed by atoms with van der Waals surface area (Å²) in [5, 5.41) is 3.56. The van der Waals surface area contributed by atoms with Gasteiger partial charge in [0.05, 0.1) is 13.2 Å². The molecule has 0 fully saturated rings. The third kappa shape index (κ3) is 3.52. The van der Waals surface area contributed by atoms with Crippen molar-refractivity contribution in [2.24, 2.45) is 0 Å². The molecule has 0 saturated carbocycles. The largest absolute Gasteiger partial charge is 0.497 e. The number of aromatic nitrogens is 1. The quantitative estimate of drug-likeness (QED) is 0.856. The Morgan fingerprint density at radius 1 is 1.24 bits per heavy atom. The van der Waals surface area contributed by atoms with Crippen molar-refractivity contribution >= 4 is 5.82 Å². The first kappa shape index (κ1) is 15.3. The van der Waals surface area contributed by atoms with Gasteiger partial charge in [0, 0.05) is 11.8 Å². The molecule has 21 heavy (non-hydrogen) atoms. The number of aryl methyl sites for hydroxylation is 1. The fourth-order valence-corrected chi connectivity index (χ4v) is 2.44. The summed E-state index contributed by atoms with van der Waals surface area (Å²) in [5.74, 6) is 1.43. The predicted octanol–water partition coefficient (Wildman–Crippen LogP) is 3.07. The van der Waals surface area contributed by atoms with E-state index in [4.69, 9.17) is 10.5 Å². The molecule has 2 aromatic rings. The Bertz CT molecular complexity index is 561. The standard InChI is InChI=1S/C17H23N3O/c1-4-10-19-16(13-5-7-14(21-3)8-6-13)15-12(2)9-11-20-17(15)18/h5-9,11,16,19H,4,10H2,1-3H3,(H2,18,20). The van der Waals surface area contributed by atoms with Crippen LogP contribution in [0.25, 0.3) is 0 Å². The summed E-state index contributed by atoms with van der Waals surface area (Å²) in [6.07, 6.45) is 2.81. The van der Waals surface area contributed by atoms with Crippen molar-refractivity contribution in [1.82, 2.24) is 10.3 Å². The summed E-state index contributed by atoms with van der Waals surface area (Å²) in [4.78, 5) is 4.24. The Morgan fingerprint density at radius 2 is 1.95 bits per heavy atom. The molecular formula is C17H23N3O. The number of hydrogen-bond acceptors (Lipinski definition) is 4. The number of hydrogen-bond donors (Lipinski definition) is 2. The minimum Gasteiger partial charge on any atom is -0.497 e. The Morgan fingerprint density at radius 3 is 2.52 bits per heavy atom. The van der Waals surface area contributed by atoms with Crippen LogP contribution in [0.15, 0.2) is 36.5 Å². The van der Waals surface area contributed by atoms with Crippen LogP contribution in [0.2, 0.25) is 0 Å². The molecule has 2 rings (SSSR count). The molecule has 0 aliphatic carbocycles. The van der Waals surface area contributed by atoms with E-state index in [1.165, 1.54) is 0 Å². The number of pyridine rings is 1. The molecule has 0 aliphatic heterocycles. The highest BCUT2D eigenvalue weighted by atomic mass is 16.5. The number of nitrogens with zero attached hydrogens (tertiary/aromatic N) is 1. The predicted molar refractivity (Wildman–Crippen MR) is 86.5 cm³/mol. The minimum absolute atomic E-state index is 0.0459. The third-order valence-corrected chi connectivity index (χ3v) is 3.58. The fraction of sp³-hybridized carbons (Fsp3) is 0.353. The van der Waals surface area contributed by atoms with Crippen LogP contribution in [-0.2, 0) is 0 Å². The van der Waals surface area contributed by atoms with Crippen LogP contribution in [0.3, 0.4) is 0 Å². The zero-order chi connectivity index (χ0) is 15.2. The van der Waals surface area contributed by atoms with E-state index in [9.17, 15) is 0 Å². The molecule has 0 spiro atoms. The monoisotopic (exact) mass is 285 g/mol. The summed E-state index contributed by atoms with van der Waals surface area (Å²) >= 11 is 0. The minimum atomic E-state index is 0.0459. The third-order valence-electron chi connectivity index (χ3n) is 3.58. The maximum Gasteiger partial charge on any atom is 0.128 e. The first-order chi connectivity index (χ1) is 10.2. The maximum atomic E-state index is 6.11. The van der Waals surface area contributed by atoms with Crippen molar-refractivity contribution in [3.05, 3.63) is 53.2 Å². The molecule has 0 amide bonds. The Labute approximate surface area is 126 Å². The fourth-order valence-electron chi connectivity index (χ4n) is 2.44. The first-order valence-corrected chi connectivity index (χ1v) is 7.25. The van der Waals surface area contributed by atoms with Gasteiger partial charge in [0.2, 0.25) is 0 Å². The molecule has 1 unspecified atom stereocenters. The van der Waals surface area contributed by atoms with Crippen LogP contribution in [0, 0.1) is 6.92 Å². The van der Waals surface area contributed by atoms with Crippen LogP contribution in [0.5, 0.6) is 5.75 Å². The molecule has 1 aromatic heterocycles. The molecule has 4 heteroatoms. The second-order valence-corrected chi connectivity index (χ2v) is 5.09. The van der Waals surface area contributed by atoms with E-state index in [0.717, 1.165) is 35.4 Å². The van der Waals surface area contributed by atoms with E-state index in [1.54, 1.807) is 13.3 Å². The zero-order valence-corrected chi connectivity index (χ0v) is 12.9. The summed E-state index contributed by atoms with van der Waals surface area (Å²) in [7, 11) is 1.67. The number of nitrogens with two attached hydrogens (primary N) is 1. The van der Waals surface area contributed by atoms with Crippen LogP contribution in [0.1, 0.15) is 36.1 Å². The number of nitrogens with one attached hydrogen (secondary N) is 1. The van der Waals surface area contributed by atoms with E-state index in [-0.39, 0.29) is 6.04 Å². The van der Waals surface area contributed by atoms with Crippen molar-refractivity contribution in [1.29, 1.82) is 0 Å². The summed E-state index contributed by atoms with van der Waals surface area (Å²) < 4.78 is 5.23. The molecule has 1 atom stereocenters. The van der Waals surface area contributed by atoms with E-state index >= 15 is 0 Å². The van der Waals surface area contributed by atoms with Crippen molar-refractivity contribution in [2.45, 2.75) is 26.3 Å². The highest BCUT2D eigenvalue weighted by Crippen LogP contribution is 2.29. The molecule has 0 radical (unpaired) electrons. The molecular weight excluding hydrogens is 262 g/mol. The Hall–Kier alpha value is -2.07. The lowest BCUT2D eigenvalue weighted by atomic mass is 9.95. The molecule has 3 N–H and O–H groups in total. The summed E-state index contributed by atoms with van der Waals surface area (Å²) in [6, 6.07) is 10.1. The molecule has 4 nitrogen and oxygen atoms in total. The van der Waals surface area contributed by atoms with Crippen molar-refractivity contribution in [3.63, 3.8) is 0 Å². The number of methoxy groups -OCH3 is 1. The zero-order valence-electron chi connectivity index (χ0n) is 12.9. The average Bonchev–Trinajstić information content (AvgIpc) is 2.50. The van der Waals surface area contributed by atoms with Crippen molar-refractivity contribution in [2.75, 3.05) is 19.4 Å². The van der Waals surface area contributed by atoms with E-state index in [2.05, 4.69) is 36.3 Å². The van der Waals surface area contributed by atoms with Gasteiger partial charge < -0.3 is 15.8 Å². The van der Waals surface area contributed by atoms with Gasteiger partial charge in [-0.15, -0.1) is 0 Å².